The third kappa shape index (κ3) is 3.79. The summed E-state index contributed by atoms with van der Waals surface area (Å²) in [7, 11) is 3.58. The van der Waals surface area contributed by atoms with Crippen molar-refractivity contribution in [1.29, 1.82) is 0 Å². The van der Waals surface area contributed by atoms with Crippen LogP contribution in [0.1, 0.15) is 12.8 Å². The molecule has 2 rings (SSSR count). The Morgan fingerprint density at radius 2 is 2.05 bits per heavy atom. The minimum Gasteiger partial charge on any atom is -0.382 e. The predicted molar refractivity (Wildman–Crippen MR) is 86.5 cm³/mol. The molecule has 0 aromatic heterocycles. The number of carbonyl (C=O) groups is 1. The second-order valence-corrected chi connectivity index (χ2v) is 6.47. The highest BCUT2D eigenvalue weighted by Crippen LogP contribution is 2.26. The highest BCUT2D eigenvalue weighted by atomic mass is 79.9. The molecule has 0 aliphatic carbocycles. The Labute approximate surface area is 133 Å². The Hall–Kier alpha value is -0.940. The van der Waals surface area contributed by atoms with Crippen LogP contribution in [0.4, 0.5) is 10.5 Å². The Morgan fingerprint density at radius 1 is 1.40 bits per heavy atom. The first-order chi connectivity index (χ1) is 9.47. The molecular formula is C14H19BrClN3O. The normalized spacial score (nSPS) is 16.1. The summed E-state index contributed by atoms with van der Waals surface area (Å²) in [6, 6.07) is 6.35. The Bertz CT molecular complexity index is 487. The van der Waals surface area contributed by atoms with E-state index in [0.717, 1.165) is 36.1 Å². The van der Waals surface area contributed by atoms with Gasteiger partial charge >= 0.3 is 6.03 Å². The van der Waals surface area contributed by atoms with Gasteiger partial charge in [-0.3, -0.25) is 0 Å². The van der Waals surface area contributed by atoms with E-state index in [1.807, 2.05) is 23.1 Å². The molecule has 1 saturated heterocycles. The minimum absolute atomic E-state index is 0.0927. The van der Waals surface area contributed by atoms with Gasteiger partial charge in [-0.1, -0.05) is 11.6 Å². The maximum atomic E-state index is 11.9. The van der Waals surface area contributed by atoms with Crippen molar-refractivity contribution in [3.8, 4) is 0 Å². The Morgan fingerprint density at radius 3 is 2.60 bits per heavy atom. The van der Waals surface area contributed by atoms with Crippen LogP contribution in [0.15, 0.2) is 22.7 Å². The van der Waals surface area contributed by atoms with Gasteiger partial charge in [-0.25, -0.2) is 4.79 Å². The molecule has 1 fully saturated rings. The number of anilines is 1. The standard InChI is InChI=1S/C14H19BrClN3O/c1-18(2)14(20)19-7-5-10(6-8-19)17-11-3-4-12(15)13(16)9-11/h3-4,9-10,17H,5-8H2,1-2H3. The van der Waals surface area contributed by atoms with Gasteiger partial charge in [0, 0.05) is 43.4 Å². The van der Waals surface area contributed by atoms with E-state index in [1.165, 1.54) is 0 Å². The molecule has 1 aliphatic rings. The number of benzene rings is 1. The van der Waals surface area contributed by atoms with Crippen LogP contribution in [0.25, 0.3) is 0 Å². The molecule has 2 amide bonds. The summed E-state index contributed by atoms with van der Waals surface area (Å²) in [5.41, 5.74) is 1.02. The number of amides is 2. The molecule has 0 spiro atoms. The van der Waals surface area contributed by atoms with Gasteiger partial charge in [0.25, 0.3) is 0 Å². The fourth-order valence-corrected chi connectivity index (χ4v) is 2.75. The molecule has 0 saturated carbocycles. The predicted octanol–water partition coefficient (Wildman–Crippen LogP) is 3.66. The number of carbonyl (C=O) groups excluding carboxylic acids is 1. The fraction of sp³-hybridized carbons (Fsp3) is 0.500. The summed E-state index contributed by atoms with van der Waals surface area (Å²) < 4.78 is 0.899. The van der Waals surface area contributed by atoms with Crippen molar-refractivity contribution in [2.75, 3.05) is 32.5 Å². The van der Waals surface area contributed by atoms with Crippen molar-refractivity contribution in [3.05, 3.63) is 27.7 Å². The highest BCUT2D eigenvalue weighted by molar-refractivity contribution is 9.10. The minimum atomic E-state index is 0.0927. The number of halogens is 2. The number of piperidine rings is 1. The van der Waals surface area contributed by atoms with E-state index in [9.17, 15) is 4.79 Å². The van der Waals surface area contributed by atoms with Gasteiger partial charge in [-0.15, -0.1) is 0 Å². The molecule has 0 atom stereocenters. The van der Waals surface area contributed by atoms with Gasteiger partial charge in [0.05, 0.1) is 5.02 Å². The average molecular weight is 361 g/mol. The van der Waals surface area contributed by atoms with E-state index in [0.29, 0.717) is 11.1 Å². The molecule has 0 radical (unpaired) electrons. The molecule has 0 bridgehead atoms. The number of nitrogens with one attached hydrogen (secondary N) is 1. The van der Waals surface area contributed by atoms with E-state index in [-0.39, 0.29) is 6.03 Å². The topological polar surface area (TPSA) is 35.6 Å². The first-order valence-corrected chi connectivity index (χ1v) is 7.82. The summed E-state index contributed by atoms with van der Waals surface area (Å²) in [5, 5.41) is 4.18. The lowest BCUT2D eigenvalue weighted by molar-refractivity contribution is 0.158. The van der Waals surface area contributed by atoms with E-state index >= 15 is 0 Å². The molecule has 1 aromatic carbocycles. The molecule has 110 valence electrons. The summed E-state index contributed by atoms with van der Waals surface area (Å²) in [6.45, 7) is 1.58. The Balaban J connectivity index is 1.88. The quantitative estimate of drug-likeness (QED) is 0.873. The molecule has 20 heavy (non-hydrogen) atoms. The summed E-state index contributed by atoms with van der Waals surface area (Å²) in [6.07, 6.45) is 1.90. The van der Waals surface area contributed by atoms with Crippen molar-refractivity contribution in [2.24, 2.45) is 0 Å². The van der Waals surface area contributed by atoms with Crippen molar-refractivity contribution in [3.63, 3.8) is 0 Å². The summed E-state index contributed by atoms with van der Waals surface area (Å²) in [5.74, 6) is 0. The lowest BCUT2D eigenvalue weighted by Crippen LogP contribution is -2.46. The molecule has 1 aliphatic heterocycles. The molecule has 1 heterocycles. The number of likely N-dealkylation sites (tertiary alicyclic amines) is 1. The van der Waals surface area contributed by atoms with Gasteiger partial charge in [0.2, 0.25) is 0 Å². The zero-order valence-corrected chi connectivity index (χ0v) is 14.0. The zero-order chi connectivity index (χ0) is 14.7. The summed E-state index contributed by atoms with van der Waals surface area (Å²) in [4.78, 5) is 15.4. The van der Waals surface area contributed by atoms with Crippen molar-refractivity contribution in [1.82, 2.24) is 9.80 Å². The maximum Gasteiger partial charge on any atom is 0.319 e. The first-order valence-electron chi connectivity index (χ1n) is 6.65. The van der Waals surface area contributed by atoms with Gasteiger partial charge < -0.3 is 15.1 Å². The number of nitrogens with zero attached hydrogens (tertiary/aromatic N) is 2. The van der Waals surface area contributed by atoms with Crippen LogP contribution in [0, 0.1) is 0 Å². The van der Waals surface area contributed by atoms with Crippen LogP contribution >= 0.6 is 27.5 Å². The van der Waals surface area contributed by atoms with E-state index < -0.39 is 0 Å². The number of hydrogen-bond donors (Lipinski definition) is 1. The van der Waals surface area contributed by atoms with Crippen LogP contribution in [-0.4, -0.2) is 49.1 Å². The van der Waals surface area contributed by atoms with Crippen LogP contribution in [0.3, 0.4) is 0 Å². The van der Waals surface area contributed by atoms with E-state index in [1.54, 1.807) is 19.0 Å². The largest absolute Gasteiger partial charge is 0.382 e. The third-order valence-electron chi connectivity index (χ3n) is 3.44. The van der Waals surface area contributed by atoms with Crippen molar-refractivity contribution >= 4 is 39.2 Å². The van der Waals surface area contributed by atoms with E-state index in [4.69, 9.17) is 11.6 Å². The van der Waals surface area contributed by atoms with Crippen LogP contribution in [-0.2, 0) is 0 Å². The van der Waals surface area contributed by atoms with E-state index in [2.05, 4.69) is 21.2 Å². The number of rotatable bonds is 2. The molecule has 1 aromatic rings. The number of hydrogen-bond acceptors (Lipinski definition) is 2. The zero-order valence-electron chi connectivity index (χ0n) is 11.7. The molecule has 0 unspecified atom stereocenters. The smallest absolute Gasteiger partial charge is 0.319 e. The first kappa shape index (κ1) is 15.4. The number of urea groups is 1. The third-order valence-corrected chi connectivity index (χ3v) is 4.67. The monoisotopic (exact) mass is 359 g/mol. The van der Waals surface area contributed by atoms with Crippen molar-refractivity contribution < 1.29 is 4.79 Å². The average Bonchev–Trinajstić information content (AvgIpc) is 2.43. The fourth-order valence-electron chi connectivity index (χ4n) is 2.32. The van der Waals surface area contributed by atoms with Crippen LogP contribution in [0.5, 0.6) is 0 Å². The summed E-state index contributed by atoms with van der Waals surface area (Å²) >= 11 is 9.47. The van der Waals surface area contributed by atoms with Crippen molar-refractivity contribution in [2.45, 2.75) is 18.9 Å². The van der Waals surface area contributed by atoms with Gasteiger partial charge in [0.1, 0.15) is 0 Å². The lowest BCUT2D eigenvalue weighted by atomic mass is 10.0. The second-order valence-electron chi connectivity index (χ2n) is 5.21. The molecule has 6 heteroatoms. The molecular weight excluding hydrogens is 342 g/mol. The molecule has 1 N–H and O–H groups in total. The van der Waals surface area contributed by atoms with Gasteiger partial charge in [-0.05, 0) is 47.0 Å². The van der Waals surface area contributed by atoms with Gasteiger partial charge in [0.15, 0.2) is 0 Å². The SMILES string of the molecule is CN(C)C(=O)N1CCC(Nc2ccc(Br)c(Cl)c2)CC1. The lowest BCUT2D eigenvalue weighted by Gasteiger charge is -2.34. The molecule has 4 nitrogen and oxygen atoms in total. The van der Waals surface area contributed by atoms with Crippen LogP contribution in [0.2, 0.25) is 5.02 Å². The van der Waals surface area contributed by atoms with Gasteiger partial charge in [-0.2, -0.15) is 0 Å². The van der Waals surface area contributed by atoms with Crippen LogP contribution < -0.4 is 5.32 Å². The highest BCUT2D eigenvalue weighted by Gasteiger charge is 2.23. The Kier molecular flexibility index (Phi) is 5.16. The maximum absolute atomic E-state index is 11.9. The second kappa shape index (κ2) is 6.68.